The standard InChI is InChI=1S/C70H137NO5/c1-3-5-7-9-11-13-15-17-19-21-30-34-38-42-46-50-54-58-62-68(73)67(66-72)71-69(74)63-59-55-51-47-43-39-35-31-28-26-24-23-25-27-29-33-37-41-45-49-53-57-61-65-76-70(75)64-60-56-52-48-44-40-36-32-22-20-18-16-14-12-10-8-6-4-2/h58,62,67-68,72-73H,3-57,59-61,63-66H2,1-2H3,(H,71,74)/b62-58+. The predicted molar refractivity (Wildman–Crippen MR) is 333 cm³/mol. The number of carbonyl (C=O) groups is 2. The Morgan fingerprint density at radius 1 is 0.355 bits per heavy atom. The van der Waals surface area contributed by atoms with Crippen LogP contribution < -0.4 is 5.32 Å². The average Bonchev–Trinajstić information content (AvgIpc) is 3.42. The molecular weight excluding hydrogens is 935 g/mol. The number of aliphatic hydroxyl groups is 2. The fourth-order valence-corrected chi connectivity index (χ4v) is 11.2. The Balaban J connectivity index is 3.37. The van der Waals surface area contributed by atoms with Crippen LogP contribution in [0.4, 0.5) is 0 Å². The summed E-state index contributed by atoms with van der Waals surface area (Å²) < 4.78 is 5.51. The maximum absolute atomic E-state index is 12.5. The largest absolute Gasteiger partial charge is 0.466 e. The Bertz CT molecular complexity index is 1140. The molecule has 0 aliphatic heterocycles. The number of rotatable bonds is 66. The van der Waals surface area contributed by atoms with Gasteiger partial charge in [-0.15, -0.1) is 0 Å². The Labute approximate surface area is 476 Å². The molecule has 0 saturated carbocycles. The Morgan fingerprint density at radius 3 is 0.895 bits per heavy atom. The molecule has 452 valence electrons. The number of allylic oxidation sites excluding steroid dienone is 1. The van der Waals surface area contributed by atoms with Crippen LogP contribution in [0.15, 0.2) is 12.2 Å². The summed E-state index contributed by atoms with van der Waals surface area (Å²) >= 11 is 0. The van der Waals surface area contributed by atoms with E-state index in [4.69, 9.17) is 4.74 Å². The van der Waals surface area contributed by atoms with E-state index in [-0.39, 0.29) is 18.5 Å². The van der Waals surface area contributed by atoms with Crippen molar-refractivity contribution in [1.82, 2.24) is 5.32 Å². The number of hydrogen-bond acceptors (Lipinski definition) is 5. The zero-order chi connectivity index (χ0) is 55.0. The van der Waals surface area contributed by atoms with Gasteiger partial charge < -0.3 is 20.3 Å². The second-order valence-electron chi connectivity index (χ2n) is 24.2. The third kappa shape index (κ3) is 61.8. The number of esters is 1. The highest BCUT2D eigenvalue weighted by Crippen LogP contribution is 2.19. The zero-order valence-electron chi connectivity index (χ0n) is 51.8. The molecule has 6 heteroatoms. The predicted octanol–water partition coefficient (Wildman–Crippen LogP) is 22.4. The number of carbonyl (C=O) groups excluding carboxylic acids is 2. The van der Waals surface area contributed by atoms with Gasteiger partial charge in [-0.3, -0.25) is 9.59 Å². The molecule has 0 saturated heterocycles. The summed E-state index contributed by atoms with van der Waals surface area (Å²) in [6.45, 7) is 4.95. The Hall–Kier alpha value is -1.40. The van der Waals surface area contributed by atoms with Gasteiger partial charge in [-0.05, 0) is 32.1 Å². The summed E-state index contributed by atoms with van der Waals surface area (Å²) in [5, 5.41) is 23.2. The molecule has 0 aromatic carbocycles. The Morgan fingerprint density at radius 2 is 0.605 bits per heavy atom. The quantitative estimate of drug-likeness (QED) is 0.0320. The summed E-state index contributed by atoms with van der Waals surface area (Å²) in [5.74, 6) is -0.0441. The summed E-state index contributed by atoms with van der Waals surface area (Å²) in [4.78, 5) is 24.6. The molecule has 2 unspecified atom stereocenters. The molecule has 0 aliphatic rings. The van der Waals surface area contributed by atoms with Crippen molar-refractivity contribution in [2.24, 2.45) is 0 Å². The van der Waals surface area contributed by atoms with Crippen LogP contribution in [0.1, 0.15) is 399 Å². The van der Waals surface area contributed by atoms with Crippen molar-refractivity contribution in [3.63, 3.8) is 0 Å². The molecule has 3 N–H and O–H groups in total. The van der Waals surface area contributed by atoms with Crippen LogP contribution in [0.2, 0.25) is 0 Å². The van der Waals surface area contributed by atoms with Gasteiger partial charge in [0, 0.05) is 12.8 Å². The summed E-state index contributed by atoms with van der Waals surface area (Å²) in [5.41, 5.74) is 0. The van der Waals surface area contributed by atoms with Crippen molar-refractivity contribution in [2.75, 3.05) is 13.2 Å². The maximum Gasteiger partial charge on any atom is 0.305 e. The van der Waals surface area contributed by atoms with Gasteiger partial charge in [-0.1, -0.05) is 366 Å². The molecule has 0 rings (SSSR count). The van der Waals surface area contributed by atoms with Gasteiger partial charge in [0.25, 0.3) is 0 Å². The minimum Gasteiger partial charge on any atom is -0.466 e. The molecule has 0 radical (unpaired) electrons. The minimum atomic E-state index is -0.844. The third-order valence-electron chi connectivity index (χ3n) is 16.6. The lowest BCUT2D eigenvalue weighted by Crippen LogP contribution is -2.45. The fourth-order valence-electron chi connectivity index (χ4n) is 11.2. The van der Waals surface area contributed by atoms with Crippen LogP contribution >= 0.6 is 0 Å². The van der Waals surface area contributed by atoms with E-state index in [0.29, 0.717) is 19.4 Å². The zero-order valence-corrected chi connectivity index (χ0v) is 51.8. The number of aliphatic hydroxyl groups excluding tert-OH is 2. The lowest BCUT2D eigenvalue weighted by Gasteiger charge is -2.20. The van der Waals surface area contributed by atoms with Gasteiger partial charge in [0.15, 0.2) is 0 Å². The van der Waals surface area contributed by atoms with Crippen LogP contribution in [0, 0.1) is 0 Å². The van der Waals surface area contributed by atoms with E-state index < -0.39 is 12.1 Å². The molecule has 2 atom stereocenters. The van der Waals surface area contributed by atoms with Crippen LogP contribution in [0.25, 0.3) is 0 Å². The molecule has 6 nitrogen and oxygen atoms in total. The summed E-state index contributed by atoms with van der Waals surface area (Å²) in [6, 6.07) is -0.627. The topological polar surface area (TPSA) is 95.9 Å². The highest BCUT2D eigenvalue weighted by atomic mass is 16.5. The fraction of sp³-hybridized carbons (Fsp3) is 0.943. The monoisotopic (exact) mass is 1070 g/mol. The first-order chi connectivity index (χ1) is 37.5. The number of hydrogen-bond donors (Lipinski definition) is 3. The van der Waals surface area contributed by atoms with Gasteiger partial charge in [0.2, 0.25) is 5.91 Å². The second kappa shape index (κ2) is 66.1. The summed E-state index contributed by atoms with van der Waals surface area (Å²) in [7, 11) is 0. The van der Waals surface area contributed by atoms with Crippen LogP contribution in [-0.2, 0) is 14.3 Å². The normalized spacial score (nSPS) is 12.5. The van der Waals surface area contributed by atoms with Crippen LogP contribution in [0.5, 0.6) is 0 Å². The van der Waals surface area contributed by atoms with Crippen molar-refractivity contribution < 1.29 is 24.5 Å². The smallest absolute Gasteiger partial charge is 0.305 e. The molecule has 0 heterocycles. The first-order valence-electron chi connectivity index (χ1n) is 35.0. The first kappa shape index (κ1) is 74.6. The third-order valence-corrected chi connectivity index (χ3v) is 16.6. The number of unbranched alkanes of at least 4 members (excludes halogenated alkanes) is 55. The van der Waals surface area contributed by atoms with Crippen LogP contribution in [0.3, 0.4) is 0 Å². The average molecular weight is 1070 g/mol. The number of ether oxygens (including phenoxy) is 1. The van der Waals surface area contributed by atoms with Crippen molar-refractivity contribution >= 4 is 11.9 Å². The van der Waals surface area contributed by atoms with Gasteiger partial charge in [0.1, 0.15) is 0 Å². The van der Waals surface area contributed by atoms with E-state index >= 15 is 0 Å². The Kier molecular flexibility index (Phi) is 64.9. The van der Waals surface area contributed by atoms with Gasteiger partial charge in [0.05, 0.1) is 25.4 Å². The molecule has 0 bridgehead atoms. The molecule has 0 aliphatic carbocycles. The SMILES string of the molecule is CCCCCCCCCCCCCCCCCC/C=C/C(O)C(CO)NC(=O)CCCCCCCCCCCCCCCCCCCCCCCCCOC(=O)CCCCCCCCCCCCCCCCCCCC. The van der Waals surface area contributed by atoms with Crippen LogP contribution in [-0.4, -0.2) is 47.4 Å². The highest BCUT2D eigenvalue weighted by molar-refractivity contribution is 5.76. The van der Waals surface area contributed by atoms with Gasteiger partial charge in [-0.2, -0.15) is 0 Å². The maximum atomic E-state index is 12.5. The van der Waals surface area contributed by atoms with Crippen molar-refractivity contribution in [3.05, 3.63) is 12.2 Å². The lowest BCUT2D eigenvalue weighted by molar-refractivity contribution is -0.143. The van der Waals surface area contributed by atoms with E-state index in [1.165, 1.54) is 334 Å². The van der Waals surface area contributed by atoms with E-state index in [0.717, 1.165) is 38.5 Å². The number of nitrogens with one attached hydrogen (secondary N) is 1. The number of amides is 1. The van der Waals surface area contributed by atoms with Crippen molar-refractivity contribution in [2.45, 2.75) is 411 Å². The molecule has 0 aromatic rings. The molecule has 0 aromatic heterocycles. The highest BCUT2D eigenvalue weighted by Gasteiger charge is 2.18. The van der Waals surface area contributed by atoms with E-state index in [2.05, 4.69) is 19.2 Å². The van der Waals surface area contributed by atoms with Crippen molar-refractivity contribution in [1.29, 1.82) is 0 Å². The lowest BCUT2D eigenvalue weighted by atomic mass is 10.0. The first-order valence-corrected chi connectivity index (χ1v) is 35.0. The van der Waals surface area contributed by atoms with E-state index in [1.54, 1.807) is 6.08 Å². The van der Waals surface area contributed by atoms with Crippen molar-refractivity contribution in [3.8, 4) is 0 Å². The molecule has 0 spiro atoms. The second-order valence-corrected chi connectivity index (χ2v) is 24.2. The molecule has 0 fully saturated rings. The van der Waals surface area contributed by atoms with Gasteiger partial charge >= 0.3 is 5.97 Å². The van der Waals surface area contributed by atoms with E-state index in [9.17, 15) is 19.8 Å². The summed E-state index contributed by atoms with van der Waals surface area (Å²) in [6.07, 6.45) is 81.4. The molecule has 76 heavy (non-hydrogen) atoms. The van der Waals surface area contributed by atoms with E-state index in [1.807, 2.05) is 6.08 Å². The minimum absolute atomic E-state index is 0.0194. The van der Waals surface area contributed by atoms with Gasteiger partial charge in [-0.25, -0.2) is 0 Å². The molecule has 1 amide bonds. The molecular formula is C70H137NO5.